The second-order valence-corrected chi connectivity index (χ2v) is 7.18. The van der Waals surface area contributed by atoms with Gasteiger partial charge in [-0.15, -0.1) is 0 Å². The molecule has 140 valence electrons. The maximum absolute atomic E-state index is 13.5. The van der Waals surface area contributed by atoms with E-state index in [2.05, 4.69) is 4.98 Å². The molecule has 7 heteroatoms. The molecule has 0 aliphatic carbocycles. The largest absolute Gasteiger partial charge is 0.496 e. The molecule has 2 aromatic carbocycles. The molecule has 27 heavy (non-hydrogen) atoms. The van der Waals surface area contributed by atoms with E-state index in [1.165, 1.54) is 19.2 Å². The molecule has 0 bridgehead atoms. The molecule has 1 aromatic heterocycles. The summed E-state index contributed by atoms with van der Waals surface area (Å²) in [4.78, 5) is 30.0. The number of benzene rings is 2. The molecule has 0 atom stereocenters. The Morgan fingerprint density at radius 1 is 1.26 bits per heavy atom. The van der Waals surface area contributed by atoms with Gasteiger partial charge in [0.1, 0.15) is 11.6 Å². The van der Waals surface area contributed by atoms with Crippen molar-refractivity contribution in [3.8, 4) is 5.75 Å². The summed E-state index contributed by atoms with van der Waals surface area (Å²) in [6.07, 6.45) is 0. The number of ketones is 1. The number of carbonyl (C=O) groups excluding carboxylic acids is 1. The SMILES string of the molecule is COc1ccc(F)cc1C(=O)CSc1nc2ccccc2c(=O)n1C(C)C. The number of Topliss-reactive ketones (excluding diaryl/α,β-unsaturated/α-hetero) is 1. The van der Waals surface area contributed by atoms with Gasteiger partial charge >= 0.3 is 0 Å². The van der Waals surface area contributed by atoms with Crippen LogP contribution in [0.4, 0.5) is 4.39 Å². The van der Waals surface area contributed by atoms with Crippen LogP contribution in [0.3, 0.4) is 0 Å². The van der Waals surface area contributed by atoms with Crippen LogP contribution in [0.25, 0.3) is 10.9 Å². The van der Waals surface area contributed by atoms with E-state index in [4.69, 9.17) is 4.74 Å². The molecule has 0 saturated carbocycles. The molecular formula is C20H19FN2O3S. The molecule has 1 heterocycles. The lowest BCUT2D eigenvalue weighted by atomic mass is 10.1. The lowest BCUT2D eigenvalue weighted by molar-refractivity contribution is 0.101. The number of fused-ring (bicyclic) bond motifs is 1. The van der Waals surface area contributed by atoms with Crippen molar-refractivity contribution >= 4 is 28.4 Å². The van der Waals surface area contributed by atoms with Crippen LogP contribution in [0.15, 0.2) is 52.4 Å². The second-order valence-electron chi connectivity index (χ2n) is 6.24. The number of aromatic nitrogens is 2. The van der Waals surface area contributed by atoms with Crippen molar-refractivity contribution in [3.63, 3.8) is 0 Å². The molecule has 0 unspecified atom stereocenters. The van der Waals surface area contributed by atoms with Crippen LogP contribution in [0, 0.1) is 5.82 Å². The maximum atomic E-state index is 13.5. The zero-order valence-corrected chi connectivity index (χ0v) is 16.0. The van der Waals surface area contributed by atoms with E-state index in [1.807, 2.05) is 19.9 Å². The maximum Gasteiger partial charge on any atom is 0.262 e. The average molecular weight is 386 g/mol. The molecule has 0 radical (unpaired) electrons. The minimum absolute atomic E-state index is 0.0112. The molecule has 0 aliphatic rings. The summed E-state index contributed by atoms with van der Waals surface area (Å²) in [5.74, 6) is -0.479. The summed E-state index contributed by atoms with van der Waals surface area (Å²) in [6.45, 7) is 3.78. The van der Waals surface area contributed by atoms with Crippen LogP contribution in [0.5, 0.6) is 5.75 Å². The normalized spacial score (nSPS) is 11.1. The van der Waals surface area contributed by atoms with Crippen molar-refractivity contribution < 1.29 is 13.9 Å². The number of carbonyl (C=O) groups is 1. The summed E-state index contributed by atoms with van der Waals surface area (Å²) >= 11 is 1.16. The first-order valence-corrected chi connectivity index (χ1v) is 9.41. The molecule has 3 rings (SSSR count). The van der Waals surface area contributed by atoms with E-state index in [0.29, 0.717) is 21.8 Å². The van der Waals surface area contributed by atoms with E-state index >= 15 is 0 Å². The smallest absolute Gasteiger partial charge is 0.262 e. The first-order chi connectivity index (χ1) is 12.9. The summed E-state index contributed by atoms with van der Waals surface area (Å²) in [6, 6.07) is 10.8. The number of thioether (sulfide) groups is 1. The number of rotatable bonds is 6. The van der Waals surface area contributed by atoms with Gasteiger partial charge in [-0.1, -0.05) is 23.9 Å². The Labute approximate surface area is 160 Å². The van der Waals surface area contributed by atoms with Gasteiger partial charge in [-0.3, -0.25) is 14.2 Å². The number of ether oxygens (including phenoxy) is 1. The van der Waals surface area contributed by atoms with Crippen molar-refractivity contribution in [2.75, 3.05) is 12.9 Å². The van der Waals surface area contributed by atoms with Gasteiger partial charge in [-0.25, -0.2) is 9.37 Å². The molecule has 3 aromatic rings. The predicted octanol–water partition coefficient (Wildman–Crippen LogP) is 4.10. The Kier molecular flexibility index (Phi) is 5.60. The zero-order valence-electron chi connectivity index (χ0n) is 15.2. The van der Waals surface area contributed by atoms with Gasteiger partial charge in [-0.2, -0.15) is 0 Å². The van der Waals surface area contributed by atoms with E-state index in [0.717, 1.165) is 17.8 Å². The third-order valence-corrected chi connectivity index (χ3v) is 5.04. The fourth-order valence-corrected chi connectivity index (χ4v) is 3.80. The van der Waals surface area contributed by atoms with E-state index in [1.54, 1.807) is 22.8 Å². The highest BCUT2D eigenvalue weighted by atomic mass is 32.2. The van der Waals surface area contributed by atoms with E-state index in [-0.39, 0.29) is 28.7 Å². The number of nitrogens with zero attached hydrogens (tertiary/aromatic N) is 2. The molecule has 0 fully saturated rings. The lowest BCUT2D eigenvalue weighted by Gasteiger charge is -2.16. The van der Waals surface area contributed by atoms with Crippen LogP contribution in [0.2, 0.25) is 0 Å². The highest BCUT2D eigenvalue weighted by molar-refractivity contribution is 7.99. The van der Waals surface area contributed by atoms with Crippen LogP contribution >= 0.6 is 11.8 Å². The molecule has 0 spiro atoms. The van der Waals surface area contributed by atoms with Gasteiger partial charge in [0.15, 0.2) is 10.9 Å². The zero-order chi connectivity index (χ0) is 19.6. The first-order valence-electron chi connectivity index (χ1n) is 8.43. The van der Waals surface area contributed by atoms with Gasteiger partial charge < -0.3 is 4.74 Å². The van der Waals surface area contributed by atoms with Crippen molar-refractivity contribution in [3.05, 3.63) is 64.2 Å². The fraction of sp³-hybridized carbons (Fsp3) is 0.250. The topological polar surface area (TPSA) is 61.2 Å². The highest BCUT2D eigenvalue weighted by Gasteiger charge is 2.18. The highest BCUT2D eigenvalue weighted by Crippen LogP contribution is 2.25. The van der Waals surface area contributed by atoms with E-state index in [9.17, 15) is 14.0 Å². The Hall–Kier alpha value is -2.67. The number of para-hydroxylation sites is 1. The van der Waals surface area contributed by atoms with Crippen LogP contribution in [-0.2, 0) is 0 Å². The van der Waals surface area contributed by atoms with Gasteiger partial charge in [0.05, 0.1) is 29.3 Å². The number of hydrogen-bond acceptors (Lipinski definition) is 5. The summed E-state index contributed by atoms with van der Waals surface area (Å²) < 4.78 is 20.2. The third kappa shape index (κ3) is 3.88. The van der Waals surface area contributed by atoms with Crippen molar-refractivity contribution in [2.45, 2.75) is 25.0 Å². The van der Waals surface area contributed by atoms with Crippen molar-refractivity contribution in [1.82, 2.24) is 9.55 Å². The molecule has 0 aliphatic heterocycles. The molecular weight excluding hydrogens is 367 g/mol. The summed E-state index contributed by atoms with van der Waals surface area (Å²) in [5.41, 5.74) is 0.607. The van der Waals surface area contributed by atoms with Crippen LogP contribution in [0.1, 0.15) is 30.2 Å². The van der Waals surface area contributed by atoms with Crippen LogP contribution < -0.4 is 10.3 Å². The average Bonchev–Trinajstić information content (AvgIpc) is 2.65. The Bertz CT molecular complexity index is 1060. The fourth-order valence-electron chi connectivity index (χ4n) is 2.79. The predicted molar refractivity (Wildman–Crippen MR) is 104 cm³/mol. The standard InChI is InChI=1S/C20H19FN2O3S/c1-12(2)23-19(25)14-6-4-5-7-16(14)22-20(23)27-11-17(24)15-10-13(21)8-9-18(15)26-3/h4-10,12H,11H2,1-3H3. The first kappa shape index (κ1) is 19.1. The monoisotopic (exact) mass is 386 g/mol. The minimum atomic E-state index is -0.507. The Balaban J connectivity index is 1.95. The second kappa shape index (κ2) is 7.92. The van der Waals surface area contributed by atoms with E-state index < -0.39 is 5.82 Å². The molecule has 5 nitrogen and oxygen atoms in total. The molecule has 0 amide bonds. The van der Waals surface area contributed by atoms with Gasteiger partial charge in [-0.05, 0) is 44.2 Å². The Morgan fingerprint density at radius 2 is 2.00 bits per heavy atom. The summed E-state index contributed by atoms with van der Waals surface area (Å²) in [5, 5.41) is 0.992. The quantitative estimate of drug-likeness (QED) is 0.363. The van der Waals surface area contributed by atoms with Crippen molar-refractivity contribution in [2.24, 2.45) is 0 Å². The van der Waals surface area contributed by atoms with Gasteiger partial charge in [0.2, 0.25) is 0 Å². The molecule has 0 saturated heterocycles. The third-order valence-electron chi connectivity index (χ3n) is 4.09. The van der Waals surface area contributed by atoms with Crippen molar-refractivity contribution in [1.29, 1.82) is 0 Å². The lowest BCUT2D eigenvalue weighted by Crippen LogP contribution is -2.25. The van der Waals surface area contributed by atoms with Crippen LogP contribution in [-0.4, -0.2) is 28.2 Å². The van der Waals surface area contributed by atoms with Gasteiger partial charge in [0, 0.05) is 6.04 Å². The number of methoxy groups -OCH3 is 1. The Morgan fingerprint density at radius 3 is 2.70 bits per heavy atom. The number of hydrogen-bond donors (Lipinski definition) is 0. The molecule has 0 N–H and O–H groups in total. The summed E-state index contributed by atoms with van der Waals surface area (Å²) in [7, 11) is 1.43. The minimum Gasteiger partial charge on any atom is -0.496 e. The number of halogens is 1. The van der Waals surface area contributed by atoms with Gasteiger partial charge in [0.25, 0.3) is 5.56 Å².